The summed E-state index contributed by atoms with van der Waals surface area (Å²) in [6.07, 6.45) is -1.46. The van der Waals surface area contributed by atoms with Gasteiger partial charge in [0.15, 0.2) is 0 Å². The third kappa shape index (κ3) is 7.02. The van der Waals surface area contributed by atoms with Crippen LogP contribution in [0.1, 0.15) is 41.5 Å². The monoisotopic (exact) mass is 318 g/mol. The van der Waals surface area contributed by atoms with Gasteiger partial charge in [-0.3, -0.25) is 4.79 Å². The van der Waals surface area contributed by atoms with Crippen molar-refractivity contribution >= 4 is 5.97 Å². The molecule has 22 heavy (non-hydrogen) atoms. The number of rotatable bonds is 7. The Kier molecular flexibility index (Phi) is 7.22. The molecule has 0 spiro atoms. The zero-order valence-electron chi connectivity index (χ0n) is 14.3. The molecule has 0 saturated heterocycles. The highest BCUT2D eigenvalue weighted by molar-refractivity contribution is 5.72. The van der Waals surface area contributed by atoms with Crippen LogP contribution in [-0.2, 0) is 9.53 Å². The fraction of sp³-hybridized carbons (Fsp3) is 0.688. The van der Waals surface area contributed by atoms with Gasteiger partial charge in [-0.15, -0.1) is 0 Å². The summed E-state index contributed by atoms with van der Waals surface area (Å²) < 4.78 is 31.7. The van der Waals surface area contributed by atoms with Crippen LogP contribution in [0.5, 0.6) is 0 Å². The first-order valence-electron chi connectivity index (χ1n) is 7.17. The summed E-state index contributed by atoms with van der Waals surface area (Å²) in [6, 6.07) is -0.389. The molecule has 0 aliphatic carbocycles. The van der Waals surface area contributed by atoms with E-state index in [-0.39, 0.29) is 23.9 Å². The number of nitrogens with one attached hydrogen (secondary N) is 1. The highest BCUT2D eigenvalue weighted by Crippen LogP contribution is 2.35. The van der Waals surface area contributed by atoms with Crippen LogP contribution in [0.25, 0.3) is 0 Å². The summed E-state index contributed by atoms with van der Waals surface area (Å²) in [5.74, 6) is -0.430. The number of nitrogens with two attached hydrogens (primary N) is 1. The second-order valence-corrected chi connectivity index (χ2v) is 6.89. The average molecular weight is 318 g/mol. The van der Waals surface area contributed by atoms with Crippen molar-refractivity contribution < 1.29 is 18.3 Å². The van der Waals surface area contributed by atoms with Crippen molar-refractivity contribution in [3.8, 4) is 0 Å². The third-order valence-electron chi connectivity index (χ3n) is 3.38. The first-order valence-corrected chi connectivity index (χ1v) is 7.17. The number of esters is 1. The Balaban J connectivity index is 4.91. The SMILES string of the molecule is C=C(N)/C=C(/C(F)F)C(C)(C)[C@@H](C)NCC(=O)OC(C)(C)C. The van der Waals surface area contributed by atoms with E-state index in [0.717, 1.165) is 0 Å². The van der Waals surface area contributed by atoms with Crippen LogP contribution in [0.3, 0.4) is 0 Å². The predicted octanol–water partition coefficient (Wildman–Crippen LogP) is 3.00. The van der Waals surface area contributed by atoms with E-state index in [0.29, 0.717) is 0 Å². The second-order valence-electron chi connectivity index (χ2n) is 6.89. The average Bonchev–Trinajstić information content (AvgIpc) is 2.29. The largest absolute Gasteiger partial charge is 0.459 e. The van der Waals surface area contributed by atoms with E-state index in [9.17, 15) is 13.6 Å². The van der Waals surface area contributed by atoms with Crippen molar-refractivity contribution in [2.45, 2.75) is 59.6 Å². The Morgan fingerprint density at radius 3 is 2.18 bits per heavy atom. The zero-order chi connectivity index (χ0) is 17.7. The second kappa shape index (κ2) is 7.72. The van der Waals surface area contributed by atoms with Crippen molar-refractivity contribution in [2.24, 2.45) is 11.1 Å². The lowest BCUT2D eigenvalue weighted by Crippen LogP contribution is -2.45. The fourth-order valence-corrected chi connectivity index (χ4v) is 1.85. The van der Waals surface area contributed by atoms with Gasteiger partial charge in [-0.2, -0.15) is 0 Å². The van der Waals surface area contributed by atoms with Crippen LogP contribution in [-0.4, -0.2) is 30.6 Å². The number of alkyl halides is 2. The highest BCUT2D eigenvalue weighted by Gasteiger charge is 2.35. The number of carbonyl (C=O) groups excluding carboxylic acids is 1. The van der Waals surface area contributed by atoms with Crippen LogP contribution in [0.4, 0.5) is 8.78 Å². The van der Waals surface area contributed by atoms with Gasteiger partial charge in [0.1, 0.15) is 5.60 Å². The standard InChI is InChI=1S/C16H28F2N2O2/c1-10(19)8-12(14(17)18)16(6,7)11(2)20-9-13(21)22-15(3,4)5/h8,11,14,20H,1,9,19H2,2-7H3/b12-8-/t11-/m1/s1. The summed E-state index contributed by atoms with van der Waals surface area (Å²) in [5.41, 5.74) is 3.89. The Bertz CT molecular complexity index is 438. The zero-order valence-corrected chi connectivity index (χ0v) is 14.3. The van der Waals surface area contributed by atoms with E-state index in [2.05, 4.69) is 11.9 Å². The molecule has 0 bridgehead atoms. The molecule has 0 amide bonds. The molecule has 0 rings (SSSR count). The topological polar surface area (TPSA) is 64.3 Å². The van der Waals surface area contributed by atoms with Gasteiger partial charge in [-0.05, 0) is 33.8 Å². The number of ether oxygens (including phenoxy) is 1. The Labute approximate surface area is 131 Å². The van der Waals surface area contributed by atoms with Gasteiger partial charge in [0.25, 0.3) is 6.43 Å². The maximum absolute atomic E-state index is 13.3. The minimum Gasteiger partial charge on any atom is -0.459 e. The molecular formula is C16H28F2N2O2. The summed E-state index contributed by atoms with van der Waals surface area (Å²) in [7, 11) is 0. The molecule has 0 saturated carbocycles. The van der Waals surface area contributed by atoms with Crippen molar-refractivity contribution in [1.82, 2.24) is 5.32 Å². The van der Waals surface area contributed by atoms with Gasteiger partial charge in [-0.25, -0.2) is 8.78 Å². The summed E-state index contributed by atoms with van der Waals surface area (Å²) in [5, 5.41) is 2.93. The third-order valence-corrected chi connectivity index (χ3v) is 3.38. The molecule has 6 heteroatoms. The van der Waals surface area contributed by atoms with Gasteiger partial charge in [-0.1, -0.05) is 20.4 Å². The van der Waals surface area contributed by atoms with Crippen molar-refractivity contribution in [2.75, 3.05) is 6.54 Å². The lowest BCUT2D eigenvalue weighted by atomic mass is 9.77. The lowest BCUT2D eigenvalue weighted by Gasteiger charge is -2.35. The van der Waals surface area contributed by atoms with Gasteiger partial charge in [0, 0.05) is 22.7 Å². The molecule has 0 radical (unpaired) electrons. The number of halogens is 2. The molecular weight excluding hydrogens is 290 g/mol. The quantitative estimate of drug-likeness (QED) is 0.559. The number of allylic oxidation sites excluding steroid dienone is 1. The molecule has 4 nitrogen and oxygen atoms in total. The van der Waals surface area contributed by atoms with Crippen LogP contribution in [0, 0.1) is 5.41 Å². The van der Waals surface area contributed by atoms with E-state index in [1.807, 2.05) is 0 Å². The van der Waals surface area contributed by atoms with E-state index in [4.69, 9.17) is 10.5 Å². The normalized spacial score (nSPS) is 14.9. The van der Waals surface area contributed by atoms with Gasteiger partial charge in [0.2, 0.25) is 0 Å². The molecule has 0 aliphatic heterocycles. The molecule has 0 fully saturated rings. The summed E-state index contributed by atoms with van der Waals surface area (Å²) in [4.78, 5) is 11.7. The maximum atomic E-state index is 13.3. The van der Waals surface area contributed by atoms with E-state index < -0.39 is 23.4 Å². The molecule has 0 unspecified atom stereocenters. The number of carbonyl (C=O) groups is 1. The summed E-state index contributed by atoms with van der Waals surface area (Å²) in [6.45, 7) is 13.8. The van der Waals surface area contributed by atoms with Crippen molar-refractivity contribution in [3.05, 3.63) is 23.9 Å². The highest BCUT2D eigenvalue weighted by atomic mass is 19.3. The van der Waals surface area contributed by atoms with Gasteiger partial charge >= 0.3 is 5.97 Å². The predicted molar refractivity (Wildman–Crippen MR) is 84.5 cm³/mol. The fourth-order valence-electron chi connectivity index (χ4n) is 1.85. The molecule has 0 aromatic carbocycles. The van der Waals surface area contributed by atoms with Crippen LogP contribution in [0.15, 0.2) is 23.9 Å². The van der Waals surface area contributed by atoms with Crippen molar-refractivity contribution in [3.63, 3.8) is 0 Å². The van der Waals surface area contributed by atoms with Crippen molar-refractivity contribution in [1.29, 1.82) is 0 Å². The van der Waals surface area contributed by atoms with Crippen LogP contribution >= 0.6 is 0 Å². The first-order chi connectivity index (χ1) is 9.77. The van der Waals surface area contributed by atoms with Crippen LogP contribution < -0.4 is 11.1 Å². The number of hydrogen-bond donors (Lipinski definition) is 2. The van der Waals surface area contributed by atoms with E-state index in [1.54, 1.807) is 41.5 Å². The molecule has 0 heterocycles. The van der Waals surface area contributed by atoms with E-state index in [1.165, 1.54) is 6.08 Å². The minimum atomic E-state index is -2.65. The summed E-state index contributed by atoms with van der Waals surface area (Å²) >= 11 is 0. The Morgan fingerprint density at radius 2 is 1.82 bits per heavy atom. The molecule has 1 atom stereocenters. The Morgan fingerprint density at radius 1 is 1.32 bits per heavy atom. The van der Waals surface area contributed by atoms with Gasteiger partial charge < -0.3 is 15.8 Å². The minimum absolute atomic E-state index is 0.0536. The lowest BCUT2D eigenvalue weighted by molar-refractivity contribution is -0.153. The van der Waals surface area contributed by atoms with Crippen LogP contribution in [0.2, 0.25) is 0 Å². The number of hydrogen-bond acceptors (Lipinski definition) is 4. The molecule has 0 aliphatic rings. The molecule has 3 N–H and O–H groups in total. The smallest absolute Gasteiger partial charge is 0.320 e. The molecule has 0 aromatic heterocycles. The Hall–Kier alpha value is -1.43. The van der Waals surface area contributed by atoms with E-state index >= 15 is 0 Å². The molecule has 128 valence electrons. The maximum Gasteiger partial charge on any atom is 0.320 e. The molecule has 0 aromatic rings. The van der Waals surface area contributed by atoms with Gasteiger partial charge in [0.05, 0.1) is 6.54 Å². The first kappa shape index (κ1) is 20.6.